The molecule has 0 aromatic carbocycles. The molecule has 2 rings (SSSR count). The van der Waals surface area contributed by atoms with Crippen LogP contribution in [0, 0.1) is 11.8 Å². The summed E-state index contributed by atoms with van der Waals surface area (Å²) in [5.74, 6) is -0.672. The van der Waals surface area contributed by atoms with E-state index in [2.05, 4.69) is 34.5 Å². The van der Waals surface area contributed by atoms with Gasteiger partial charge in [-0.25, -0.2) is 19.6 Å². The van der Waals surface area contributed by atoms with Crippen LogP contribution in [0.5, 0.6) is 0 Å². The standard InChI is InChI=1S/C31H48N4O8/c1-19(2)13-11-10-12-14-22(15-21(5)36)42-27(37)25(20(3)4)34-28(38)31(9)18-41-26(35-31)23-17-40-24(33-23)16-32-29(39)43-30(6,7)8/h12,14,17,19-20,22,25H,10-11,13,15-16,18H2,1-9H3,(H,32,39)(H,34,38). The molecule has 1 aromatic heterocycles. The van der Waals surface area contributed by atoms with Crippen LogP contribution in [0.25, 0.3) is 0 Å². The van der Waals surface area contributed by atoms with Crippen molar-refractivity contribution in [3.05, 3.63) is 30.0 Å². The lowest BCUT2D eigenvalue weighted by Crippen LogP contribution is -2.53. The number of aromatic nitrogens is 1. The minimum atomic E-state index is -1.34. The van der Waals surface area contributed by atoms with Crippen molar-refractivity contribution in [2.24, 2.45) is 16.8 Å². The van der Waals surface area contributed by atoms with E-state index in [0.717, 1.165) is 19.3 Å². The van der Waals surface area contributed by atoms with Crippen LogP contribution in [-0.2, 0) is 35.1 Å². The summed E-state index contributed by atoms with van der Waals surface area (Å²) in [6.07, 6.45) is 6.61. The Labute approximate surface area is 254 Å². The van der Waals surface area contributed by atoms with Crippen molar-refractivity contribution in [2.75, 3.05) is 6.61 Å². The predicted octanol–water partition coefficient (Wildman–Crippen LogP) is 4.65. The summed E-state index contributed by atoms with van der Waals surface area (Å²) in [5.41, 5.74) is -1.73. The van der Waals surface area contributed by atoms with E-state index in [1.54, 1.807) is 47.6 Å². The number of carbonyl (C=O) groups excluding carboxylic acids is 4. The molecule has 0 saturated heterocycles. The minimum Gasteiger partial charge on any atom is -0.473 e. The summed E-state index contributed by atoms with van der Waals surface area (Å²) in [4.78, 5) is 58.9. The highest BCUT2D eigenvalue weighted by molar-refractivity contribution is 5.99. The van der Waals surface area contributed by atoms with Crippen molar-refractivity contribution in [3.8, 4) is 0 Å². The number of carbonyl (C=O) groups is 4. The lowest BCUT2D eigenvalue weighted by Gasteiger charge is -2.26. The second-order valence-corrected chi connectivity index (χ2v) is 12.8. The van der Waals surface area contributed by atoms with Gasteiger partial charge < -0.3 is 29.3 Å². The Morgan fingerprint density at radius 1 is 1.16 bits per heavy atom. The molecule has 2 amide bonds. The number of alkyl carbamates (subject to hydrolysis) is 1. The number of nitrogens with one attached hydrogen (secondary N) is 2. The maximum atomic E-state index is 13.3. The Hall–Kier alpha value is -3.70. The molecule has 1 aliphatic rings. The quantitative estimate of drug-likeness (QED) is 0.165. The Kier molecular flexibility index (Phi) is 12.9. The molecule has 0 radical (unpaired) electrons. The Morgan fingerprint density at radius 2 is 1.86 bits per heavy atom. The van der Waals surface area contributed by atoms with E-state index in [4.69, 9.17) is 18.6 Å². The van der Waals surface area contributed by atoms with Crippen molar-refractivity contribution < 1.29 is 37.8 Å². The molecule has 1 aromatic rings. The summed E-state index contributed by atoms with van der Waals surface area (Å²) in [7, 11) is 0. The molecule has 0 fully saturated rings. The first-order valence-corrected chi connectivity index (χ1v) is 14.8. The van der Waals surface area contributed by atoms with Gasteiger partial charge in [-0.2, -0.15) is 0 Å². The molecule has 0 aliphatic carbocycles. The zero-order valence-electron chi connectivity index (χ0n) is 26.9. The molecule has 12 heteroatoms. The van der Waals surface area contributed by atoms with Gasteiger partial charge in [-0.3, -0.25) is 9.59 Å². The van der Waals surface area contributed by atoms with Crippen LogP contribution in [0.15, 0.2) is 27.8 Å². The van der Waals surface area contributed by atoms with E-state index < -0.39 is 41.3 Å². The van der Waals surface area contributed by atoms with Gasteiger partial charge in [0.15, 0.2) is 11.2 Å². The molecule has 3 unspecified atom stereocenters. The lowest BCUT2D eigenvalue weighted by atomic mass is 10.00. The first-order chi connectivity index (χ1) is 20.0. The van der Waals surface area contributed by atoms with E-state index in [9.17, 15) is 19.2 Å². The van der Waals surface area contributed by atoms with Gasteiger partial charge in [0, 0.05) is 6.42 Å². The molecule has 0 spiro atoms. The minimum absolute atomic E-state index is 0.0180. The molecule has 1 aliphatic heterocycles. The van der Waals surface area contributed by atoms with Crippen LogP contribution in [0.1, 0.15) is 99.6 Å². The van der Waals surface area contributed by atoms with Crippen molar-refractivity contribution in [1.29, 1.82) is 0 Å². The number of rotatable bonds is 15. The van der Waals surface area contributed by atoms with Crippen LogP contribution in [0.3, 0.4) is 0 Å². The number of oxazole rings is 1. The van der Waals surface area contributed by atoms with Crippen LogP contribution < -0.4 is 10.6 Å². The normalized spacial score (nSPS) is 18.3. The molecule has 240 valence electrons. The molecule has 2 N–H and O–H groups in total. The Balaban J connectivity index is 2.04. The van der Waals surface area contributed by atoms with Crippen LogP contribution in [-0.4, -0.2) is 64.5 Å². The van der Waals surface area contributed by atoms with Gasteiger partial charge in [-0.05, 0) is 65.4 Å². The van der Waals surface area contributed by atoms with Crippen LogP contribution in [0.2, 0.25) is 0 Å². The molecular weight excluding hydrogens is 556 g/mol. The molecule has 0 bridgehead atoms. The van der Waals surface area contributed by atoms with Crippen molar-refractivity contribution >= 4 is 29.7 Å². The number of allylic oxidation sites excluding steroid dienone is 1. The van der Waals surface area contributed by atoms with Gasteiger partial charge in [0.25, 0.3) is 5.91 Å². The zero-order valence-corrected chi connectivity index (χ0v) is 26.9. The predicted molar refractivity (Wildman–Crippen MR) is 160 cm³/mol. The fourth-order valence-corrected chi connectivity index (χ4v) is 4.04. The molecule has 2 heterocycles. The summed E-state index contributed by atoms with van der Waals surface area (Å²) < 4.78 is 21.9. The number of ether oxygens (including phenoxy) is 3. The smallest absolute Gasteiger partial charge is 0.408 e. The maximum absolute atomic E-state index is 13.3. The third-order valence-corrected chi connectivity index (χ3v) is 6.35. The summed E-state index contributed by atoms with van der Waals surface area (Å²) in [6.45, 7) is 16.1. The summed E-state index contributed by atoms with van der Waals surface area (Å²) in [5, 5.41) is 5.31. The van der Waals surface area contributed by atoms with E-state index >= 15 is 0 Å². The second kappa shape index (κ2) is 15.7. The number of unbranched alkanes of at least 4 members (excludes halogenated alkanes) is 1. The number of esters is 1. The van der Waals surface area contributed by atoms with Gasteiger partial charge in [-0.1, -0.05) is 40.2 Å². The first-order valence-electron chi connectivity index (χ1n) is 14.8. The van der Waals surface area contributed by atoms with Crippen LogP contribution in [0.4, 0.5) is 4.79 Å². The van der Waals surface area contributed by atoms with Crippen molar-refractivity contribution in [3.63, 3.8) is 0 Å². The topological polar surface area (TPSA) is 158 Å². The highest BCUT2D eigenvalue weighted by atomic mass is 16.6. The van der Waals surface area contributed by atoms with Gasteiger partial charge in [0.1, 0.15) is 36.4 Å². The third-order valence-electron chi connectivity index (χ3n) is 6.35. The average molecular weight is 605 g/mol. The number of ketones is 1. The fourth-order valence-electron chi connectivity index (χ4n) is 4.04. The van der Waals surface area contributed by atoms with Gasteiger partial charge >= 0.3 is 12.1 Å². The molecule has 3 atom stereocenters. The Bertz CT molecular complexity index is 1180. The number of aliphatic imine (C=N–C) groups is 1. The monoisotopic (exact) mass is 604 g/mol. The van der Waals surface area contributed by atoms with Crippen molar-refractivity contribution in [2.45, 2.75) is 118 Å². The zero-order chi connectivity index (χ0) is 32.4. The second-order valence-electron chi connectivity index (χ2n) is 12.8. The summed E-state index contributed by atoms with van der Waals surface area (Å²) in [6, 6.07) is -0.968. The fraction of sp³-hybridized carbons (Fsp3) is 0.677. The van der Waals surface area contributed by atoms with Gasteiger partial charge in [0.05, 0.1) is 6.54 Å². The number of Topliss-reactive ketones (excluding diaryl/α,β-unsaturated/α-hetero) is 1. The molecule has 12 nitrogen and oxygen atoms in total. The number of hydrogen-bond donors (Lipinski definition) is 2. The third kappa shape index (κ3) is 12.2. The lowest BCUT2D eigenvalue weighted by molar-refractivity contribution is -0.153. The Morgan fingerprint density at radius 3 is 2.47 bits per heavy atom. The SMILES string of the molecule is CC(=O)CC(C=CCCCC(C)C)OC(=O)C(NC(=O)C1(C)COC(c2coc(CNC(=O)OC(C)(C)C)n2)=N1)C(C)C. The van der Waals surface area contributed by atoms with Crippen molar-refractivity contribution in [1.82, 2.24) is 15.6 Å². The van der Waals surface area contributed by atoms with Gasteiger partial charge in [0.2, 0.25) is 11.8 Å². The van der Waals surface area contributed by atoms with Gasteiger partial charge in [-0.15, -0.1) is 0 Å². The number of nitrogens with zero attached hydrogens (tertiary/aromatic N) is 2. The molecule has 43 heavy (non-hydrogen) atoms. The highest BCUT2D eigenvalue weighted by Crippen LogP contribution is 2.23. The van der Waals surface area contributed by atoms with Crippen LogP contribution >= 0.6 is 0 Å². The first kappa shape index (κ1) is 35.5. The maximum Gasteiger partial charge on any atom is 0.408 e. The van der Waals surface area contributed by atoms with E-state index in [-0.39, 0.29) is 48.8 Å². The van der Waals surface area contributed by atoms with E-state index in [0.29, 0.717) is 5.92 Å². The highest BCUT2D eigenvalue weighted by Gasteiger charge is 2.42. The number of amides is 2. The molecular formula is C31H48N4O8. The average Bonchev–Trinajstić information content (AvgIpc) is 3.51. The van der Waals surface area contributed by atoms with E-state index in [1.807, 2.05) is 6.08 Å². The molecule has 0 saturated carbocycles. The summed E-state index contributed by atoms with van der Waals surface area (Å²) >= 11 is 0. The largest absolute Gasteiger partial charge is 0.473 e. The van der Waals surface area contributed by atoms with E-state index in [1.165, 1.54) is 13.2 Å². The number of hydrogen-bond acceptors (Lipinski definition) is 10.